The summed E-state index contributed by atoms with van der Waals surface area (Å²) in [6.07, 6.45) is -4.84. The Hall–Kier alpha value is -3.02. The molecule has 2 aromatic heterocycles. The molecule has 0 atom stereocenters. The summed E-state index contributed by atoms with van der Waals surface area (Å²) >= 11 is 9.44. The minimum atomic E-state index is -4.84. The predicted octanol–water partition coefficient (Wildman–Crippen LogP) is 6.18. The average Bonchev–Trinajstić information content (AvgIpc) is 3.32. The maximum Gasteiger partial charge on any atom is 0.437 e. The van der Waals surface area contributed by atoms with E-state index in [4.69, 9.17) is 21.5 Å². The van der Waals surface area contributed by atoms with E-state index in [2.05, 4.69) is 31.1 Å². The van der Waals surface area contributed by atoms with Gasteiger partial charge < -0.3 is 24.4 Å². The van der Waals surface area contributed by atoms with Crippen molar-refractivity contribution in [1.82, 2.24) is 9.97 Å². The molecular formula is C24H22BrClF3N4O3+. The Bertz CT molecular complexity index is 1480. The number of quaternary nitrogens is 1. The molecule has 190 valence electrons. The zero-order valence-electron chi connectivity index (χ0n) is 19.2. The monoisotopic (exact) mass is 585 g/mol. The number of oxime groups is 1. The molecule has 4 rings (SSSR count). The van der Waals surface area contributed by atoms with E-state index in [0.29, 0.717) is 31.6 Å². The first kappa shape index (κ1) is 26.1. The van der Waals surface area contributed by atoms with Gasteiger partial charge in [-0.2, -0.15) is 13.2 Å². The van der Waals surface area contributed by atoms with E-state index in [1.807, 2.05) is 0 Å². The molecule has 7 nitrogen and oxygen atoms in total. The number of rotatable bonds is 8. The molecule has 3 N–H and O–H groups in total. The average molecular weight is 587 g/mol. The zero-order valence-corrected chi connectivity index (χ0v) is 21.6. The Kier molecular flexibility index (Phi) is 7.09. The van der Waals surface area contributed by atoms with Crippen molar-refractivity contribution in [3.05, 3.63) is 57.5 Å². The number of benzene rings is 2. The van der Waals surface area contributed by atoms with Crippen LogP contribution in [0, 0.1) is 0 Å². The standard InChI is InChI=1S/C24H21BrClF3N4O3/c1-33(2,12-20(34)35)7-8-36-32-23(24(27,28)29)21-16-5-3-14(25)11-18(16)31-22(21)19-10-13-9-15(26)4-6-17(13)30-19/h3-6,9-11H,7-8,12H2,1-2H3,(H2-,30,31,32,34,35)/p+1. The number of carbonyl (C=O) groups is 1. The molecule has 0 saturated heterocycles. The van der Waals surface area contributed by atoms with E-state index >= 15 is 0 Å². The fraction of sp³-hybridized carbons (Fsp3) is 0.250. The van der Waals surface area contributed by atoms with E-state index in [1.54, 1.807) is 56.6 Å². The first-order valence-corrected chi connectivity index (χ1v) is 11.9. The van der Waals surface area contributed by atoms with E-state index in [1.165, 1.54) is 0 Å². The van der Waals surface area contributed by atoms with Crippen LogP contribution in [0.15, 0.2) is 52.1 Å². The molecule has 0 fully saturated rings. The van der Waals surface area contributed by atoms with Crippen molar-refractivity contribution in [2.24, 2.45) is 5.16 Å². The first-order valence-electron chi connectivity index (χ1n) is 10.8. The van der Waals surface area contributed by atoms with Crippen LogP contribution < -0.4 is 0 Å². The van der Waals surface area contributed by atoms with Crippen LogP contribution in [0.5, 0.6) is 0 Å². The third kappa shape index (κ3) is 5.69. The van der Waals surface area contributed by atoms with Gasteiger partial charge in [0.05, 0.1) is 25.5 Å². The number of nitrogens with zero attached hydrogens (tertiary/aromatic N) is 2. The molecule has 36 heavy (non-hydrogen) atoms. The molecule has 2 heterocycles. The molecule has 0 aliphatic rings. The second-order valence-corrected chi connectivity index (χ2v) is 10.3. The molecule has 4 aromatic rings. The van der Waals surface area contributed by atoms with Crippen LogP contribution in [0.25, 0.3) is 33.2 Å². The molecule has 0 aliphatic heterocycles. The summed E-state index contributed by atoms with van der Waals surface area (Å²) < 4.78 is 43.7. The topological polar surface area (TPSA) is 90.5 Å². The molecule has 0 amide bonds. The lowest BCUT2D eigenvalue weighted by Crippen LogP contribution is -2.45. The summed E-state index contributed by atoms with van der Waals surface area (Å²) in [6.45, 7) is -0.254. The highest BCUT2D eigenvalue weighted by Crippen LogP contribution is 2.37. The number of aromatic nitrogens is 2. The number of hydrogen-bond donors (Lipinski definition) is 3. The number of nitrogens with one attached hydrogen (secondary N) is 2. The number of carboxylic acid groups (broad SMARTS) is 1. The maximum absolute atomic E-state index is 14.3. The van der Waals surface area contributed by atoms with Crippen molar-refractivity contribution < 1.29 is 32.4 Å². The Morgan fingerprint density at radius 2 is 1.89 bits per heavy atom. The molecule has 0 bridgehead atoms. The Labute approximate surface area is 217 Å². The minimum absolute atomic E-state index is 0.0240. The molecule has 0 aliphatic carbocycles. The second-order valence-electron chi connectivity index (χ2n) is 8.96. The molecule has 0 saturated carbocycles. The lowest BCUT2D eigenvalue weighted by molar-refractivity contribution is -0.883. The van der Waals surface area contributed by atoms with E-state index < -0.39 is 17.9 Å². The zero-order chi connectivity index (χ0) is 26.3. The van der Waals surface area contributed by atoms with Crippen molar-refractivity contribution in [1.29, 1.82) is 0 Å². The van der Waals surface area contributed by atoms with Gasteiger partial charge in [-0.25, -0.2) is 4.79 Å². The number of H-pyrrole nitrogens is 2. The van der Waals surface area contributed by atoms with Crippen molar-refractivity contribution in [2.45, 2.75) is 6.18 Å². The number of halogens is 5. The van der Waals surface area contributed by atoms with Gasteiger partial charge in [-0.15, -0.1) is 0 Å². The highest BCUT2D eigenvalue weighted by molar-refractivity contribution is 9.10. The fourth-order valence-corrected chi connectivity index (χ4v) is 4.48. The number of carboxylic acids is 1. The number of hydrogen-bond acceptors (Lipinski definition) is 3. The third-order valence-electron chi connectivity index (χ3n) is 5.63. The number of aliphatic carboxylic acids is 1. The summed E-state index contributed by atoms with van der Waals surface area (Å²) in [6, 6.07) is 11.8. The van der Waals surface area contributed by atoms with Crippen LogP contribution in [-0.4, -0.2) is 71.2 Å². The highest BCUT2D eigenvalue weighted by atomic mass is 79.9. The van der Waals surface area contributed by atoms with Gasteiger partial charge in [0.25, 0.3) is 0 Å². The molecule has 0 spiro atoms. The summed E-state index contributed by atoms with van der Waals surface area (Å²) in [4.78, 5) is 22.3. The number of aromatic amines is 2. The van der Waals surface area contributed by atoms with Crippen molar-refractivity contribution >= 4 is 61.0 Å². The van der Waals surface area contributed by atoms with Crippen molar-refractivity contribution in [3.63, 3.8) is 0 Å². The van der Waals surface area contributed by atoms with Crippen molar-refractivity contribution in [3.8, 4) is 11.4 Å². The van der Waals surface area contributed by atoms with E-state index in [0.717, 1.165) is 5.39 Å². The molecule has 0 unspecified atom stereocenters. The molecule has 12 heteroatoms. The predicted molar refractivity (Wildman–Crippen MR) is 136 cm³/mol. The van der Waals surface area contributed by atoms with Gasteiger partial charge in [-0.05, 0) is 36.4 Å². The van der Waals surface area contributed by atoms with Crippen molar-refractivity contribution in [2.75, 3.05) is 33.8 Å². The maximum atomic E-state index is 14.3. The largest absolute Gasteiger partial charge is 0.477 e. The summed E-state index contributed by atoms with van der Waals surface area (Å²) in [5, 5.41) is 14.1. The molecule has 2 aromatic carbocycles. The van der Waals surface area contributed by atoms with Gasteiger partial charge in [-0.1, -0.05) is 38.8 Å². The quantitative estimate of drug-likeness (QED) is 0.0997. The summed E-state index contributed by atoms with van der Waals surface area (Å²) in [5.74, 6) is -1.02. The third-order valence-corrected chi connectivity index (χ3v) is 6.35. The Morgan fingerprint density at radius 3 is 2.58 bits per heavy atom. The van der Waals surface area contributed by atoms with Gasteiger partial charge in [0.2, 0.25) is 0 Å². The SMILES string of the molecule is C[N+](C)(CCO/N=C(\c1c(-c2cc3cc(Cl)ccc3[nH]2)[nH]c2cc(Br)ccc12)C(F)(F)F)CC(=O)O. The second kappa shape index (κ2) is 9.79. The van der Waals surface area contributed by atoms with E-state index in [-0.39, 0.29) is 35.4 Å². The first-order chi connectivity index (χ1) is 16.8. The molecule has 0 radical (unpaired) electrons. The molecular weight excluding hydrogens is 565 g/mol. The van der Waals surface area contributed by atoms with Crippen LogP contribution in [0.3, 0.4) is 0 Å². The normalized spacial score (nSPS) is 13.0. The Morgan fingerprint density at radius 1 is 1.14 bits per heavy atom. The summed E-state index contributed by atoms with van der Waals surface area (Å²) in [7, 11) is 3.29. The van der Waals surface area contributed by atoms with Crippen LogP contribution in [0.2, 0.25) is 5.02 Å². The van der Waals surface area contributed by atoms with Crippen LogP contribution in [0.1, 0.15) is 5.56 Å². The van der Waals surface area contributed by atoms with Crippen LogP contribution in [0.4, 0.5) is 13.2 Å². The number of likely N-dealkylation sites (N-methyl/N-ethyl adjacent to an activating group) is 1. The van der Waals surface area contributed by atoms with Crippen LogP contribution in [-0.2, 0) is 9.63 Å². The van der Waals surface area contributed by atoms with Crippen LogP contribution >= 0.6 is 27.5 Å². The van der Waals surface area contributed by atoms with Gasteiger partial charge in [0.15, 0.2) is 18.9 Å². The smallest absolute Gasteiger partial charge is 0.437 e. The number of fused-ring (bicyclic) bond motifs is 2. The summed E-state index contributed by atoms with van der Waals surface area (Å²) in [5.41, 5.74) is 0.429. The minimum Gasteiger partial charge on any atom is -0.477 e. The number of alkyl halides is 3. The van der Waals surface area contributed by atoms with E-state index in [9.17, 15) is 18.0 Å². The van der Waals surface area contributed by atoms with Gasteiger partial charge in [0, 0.05) is 36.9 Å². The lowest BCUT2D eigenvalue weighted by atomic mass is 10.0. The van der Waals surface area contributed by atoms with Gasteiger partial charge in [0.1, 0.15) is 6.54 Å². The van der Waals surface area contributed by atoms with Gasteiger partial charge >= 0.3 is 12.1 Å². The lowest BCUT2D eigenvalue weighted by Gasteiger charge is -2.26. The fourth-order valence-electron chi connectivity index (χ4n) is 3.94. The Balaban J connectivity index is 1.80. The highest BCUT2D eigenvalue weighted by Gasteiger charge is 2.41. The van der Waals surface area contributed by atoms with Gasteiger partial charge in [-0.3, -0.25) is 0 Å².